The van der Waals surface area contributed by atoms with Crippen LogP contribution in [0.2, 0.25) is 0 Å². The smallest absolute Gasteiger partial charge is 0.278 e. The van der Waals surface area contributed by atoms with Gasteiger partial charge in [0.1, 0.15) is 5.71 Å². The summed E-state index contributed by atoms with van der Waals surface area (Å²) in [5.41, 5.74) is 3.66. The molecule has 2 heterocycles. The van der Waals surface area contributed by atoms with Gasteiger partial charge in [0.2, 0.25) is 0 Å². The zero-order valence-electron chi connectivity index (χ0n) is 20.5. The molecule has 1 saturated heterocycles. The lowest BCUT2D eigenvalue weighted by Gasteiger charge is -2.35. The standard InChI is InChI=1S/C27H35F2N5S/c1-2-3-13-32-14-16-33(17-15-32)18-19-35-34(24-7-5-4-6-8-24)21-22-9-11-23(12-10-22)25-20-26(27(28)29)31-30-25/h4-12,27H,2-3,13-21H2,1H3. The Labute approximate surface area is 212 Å². The Hall–Kier alpha value is -2.29. The predicted molar refractivity (Wildman–Crippen MR) is 144 cm³/mol. The number of benzene rings is 2. The maximum atomic E-state index is 12.9. The molecule has 0 unspecified atom stereocenters. The molecule has 0 atom stereocenters. The van der Waals surface area contributed by atoms with Crippen molar-refractivity contribution in [1.29, 1.82) is 0 Å². The highest BCUT2D eigenvalue weighted by atomic mass is 32.2. The zero-order valence-corrected chi connectivity index (χ0v) is 21.3. The van der Waals surface area contributed by atoms with Gasteiger partial charge in [-0.05, 0) is 48.2 Å². The quantitative estimate of drug-likeness (QED) is 0.358. The summed E-state index contributed by atoms with van der Waals surface area (Å²) in [4.78, 5) is 5.16. The van der Waals surface area contributed by atoms with Gasteiger partial charge in [-0.15, -0.1) is 0 Å². The van der Waals surface area contributed by atoms with Crippen LogP contribution < -0.4 is 4.31 Å². The fraction of sp³-hybridized carbons (Fsp3) is 0.481. The van der Waals surface area contributed by atoms with Gasteiger partial charge in [-0.3, -0.25) is 4.90 Å². The van der Waals surface area contributed by atoms with Gasteiger partial charge in [0.25, 0.3) is 6.43 Å². The lowest BCUT2D eigenvalue weighted by Crippen LogP contribution is -2.47. The SMILES string of the molecule is CCCCN1CCN(CCSN(Cc2ccc(C3=NN=C(C(F)F)C3)cc2)c2ccccc2)CC1. The lowest BCUT2D eigenvalue weighted by atomic mass is 10.0. The highest BCUT2D eigenvalue weighted by molar-refractivity contribution is 8.00. The molecule has 2 aromatic rings. The molecule has 4 rings (SSSR count). The van der Waals surface area contributed by atoms with E-state index in [-0.39, 0.29) is 12.1 Å². The molecule has 2 aromatic carbocycles. The summed E-state index contributed by atoms with van der Waals surface area (Å²) in [6.45, 7) is 9.99. The van der Waals surface area contributed by atoms with Gasteiger partial charge in [0, 0.05) is 50.6 Å². The van der Waals surface area contributed by atoms with E-state index in [4.69, 9.17) is 0 Å². The highest BCUT2D eigenvalue weighted by Gasteiger charge is 2.22. The third kappa shape index (κ3) is 7.59. The number of nitrogens with zero attached hydrogens (tertiary/aromatic N) is 5. The van der Waals surface area contributed by atoms with E-state index in [9.17, 15) is 8.78 Å². The minimum atomic E-state index is -2.54. The molecule has 0 N–H and O–H groups in total. The fourth-order valence-electron chi connectivity index (χ4n) is 4.32. The average molecular weight is 500 g/mol. The number of hydrogen-bond acceptors (Lipinski definition) is 6. The van der Waals surface area contributed by atoms with E-state index in [1.54, 1.807) is 0 Å². The third-order valence-electron chi connectivity index (χ3n) is 6.50. The van der Waals surface area contributed by atoms with Crippen LogP contribution in [0.25, 0.3) is 0 Å². The number of hydrogen-bond donors (Lipinski definition) is 0. The topological polar surface area (TPSA) is 34.4 Å². The highest BCUT2D eigenvalue weighted by Crippen LogP contribution is 2.26. The lowest BCUT2D eigenvalue weighted by molar-refractivity contribution is 0.137. The van der Waals surface area contributed by atoms with E-state index < -0.39 is 6.43 Å². The molecule has 2 aliphatic rings. The molecule has 0 aliphatic carbocycles. The maximum Gasteiger partial charge on any atom is 0.278 e. The molecule has 0 amide bonds. The molecule has 8 heteroatoms. The van der Waals surface area contributed by atoms with Gasteiger partial charge in [0.15, 0.2) is 0 Å². The third-order valence-corrected chi connectivity index (χ3v) is 7.52. The monoisotopic (exact) mass is 499 g/mol. The fourth-order valence-corrected chi connectivity index (χ4v) is 5.39. The molecule has 5 nitrogen and oxygen atoms in total. The van der Waals surface area contributed by atoms with E-state index in [1.807, 2.05) is 30.1 Å². The Morgan fingerprint density at radius 3 is 2.23 bits per heavy atom. The van der Waals surface area contributed by atoms with Crippen molar-refractivity contribution >= 4 is 29.1 Å². The van der Waals surface area contributed by atoms with Crippen molar-refractivity contribution in [1.82, 2.24) is 9.80 Å². The summed E-state index contributed by atoms with van der Waals surface area (Å²) < 4.78 is 28.1. The van der Waals surface area contributed by atoms with Crippen LogP contribution in [0.15, 0.2) is 64.8 Å². The van der Waals surface area contributed by atoms with Crippen molar-refractivity contribution in [3.63, 3.8) is 0 Å². The van der Waals surface area contributed by atoms with E-state index in [0.717, 1.165) is 37.5 Å². The van der Waals surface area contributed by atoms with Crippen molar-refractivity contribution in [2.24, 2.45) is 10.2 Å². The van der Waals surface area contributed by atoms with Crippen LogP contribution in [0.1, 0.15) is 37.3 Å². The van der Waals surface area contributed by atoms with Crippen LogP contribution in [0, 0.1) is 0 Å². The van der Waals surface area contributed by atoms with E-state index in [0.29, 0.717) is 5.71 Å². The maximum absolute atomic E-state index is 12.9. The summed E-state index contributed by atoms with van der Waals surface area (Å²) in [6, 6.07) is 18.5. The summed E-state index contributed by atoms with van der Waals surface area (Å²) in [5.74, 6) is 1.03. The largest absolute Gasteiger partial charge is 0.312 e. The van der Waals surface area contributed by atoms with Crippen LogP contribution in [-0.2, 0) is 6.54 Å². The van der Waals surface area contributed by atoms with E-state index in [1.165, 1.54) is 43.7 Å². The number of alkyl halides is 2. The number of piperazine rings is 1. The number of rotatable bonds is 12. The van der Waals surface area contributed by atoms with Crippen LogP contribution >= 0.6 is 11.9 Å². The van der Waals surface area contributed by atoms with Gasteiger partial charge in [-0.1, -0.05) is 55.8 Å². The second-order valence-corrected chi connectivity index (χ2v) is 10.2. The average Bonchev–Trinajstić information content (AvgIpc) is 3.39. The molecule has 0 spiro atoms. The molecular weight excluding hydrogens is 464 g/mol. The summed E-state index contributed by atoms with van der Waals surface area (Å²) in [7, 11) is 0. The summed E-state index contributed by atoms with van der Waals surface area (Å²) in [6.07, 6.45) is 0.131. The van der Waals surface area contributed by atoms with Gasteiger partial charge in [-0.2, -0.15) is 10.2 Å². The van der Waals surface area contributed by atoms with Crippen LogP contribution in [0.4, 0.5) is 14.5 Å². The Bertz CT molecular complexity index is 973. The normalized spacial score (nSPS) is 17.0. The van der Waals surface area contributed by atoms with Crippen LogP contribution in [0.3, 0.4) is 0 Å². The molecule has 188 valence electrons. The van der Waals surface area contributed by atoms with Gasteiger partial charge < -0.3 is 9.21 Å². The van der Waals surface area contributed by atoms with Gasteiger partial charge in [0.05, 0.1) is 12.3 Å². The number of para-hydroxylation sites is 1. The predicted octanol–water partition coefficient (Wildman–Crippen LogP) is 5.57. The van der Waals surface area contributed by atoms with Gasteiger partial charge >= 0.3 is 0 Å². The molecular formula is C27H35F2N5S. The summed E-state index contributed by atoms with van der Waals surface area (Å²) >= 11 is 1.86. The number of anilines is 1. The van der Waals surface area contributed by atoms with Crippen molar-refractivity contribution in [3.05, 3.63) is 65.7 Å². The second-order valence-electron chi connectivity index (χ2n) is 9.05. The molecule has 0 bridgehead atoms. The first-order chi connectivity index (χ1) is 17.1. The Balaban J connectivity index is 1.30. The molecule has 35 heavy (non-hydrogen) atoms. The Morgan fingerprint density at radius 2 is 1.60 bits per heavy atom. The molecule has 0 radical (unpaired) electrons. The van der Waals surface area contributed by atoms with Crippen molar-refractivity contribution in [3.8, 4) is 0 Å². The first-order valence-corrected chi connectivity index (χ1v) is 13.5. The minimum Gasteiger partial charge on any atom is -0.312 e. The van der Waals surface area contributed by atoms with Crippen LogP contribution in [0.5, 0.6) is 0 Å². The zero-order chi connectivity index (χ0) is 24.5. The second kappa shape index (κ2) is 13.1. The first kappa shape index (κ1) is 25.8. The minimum absolute atomic E-state index is 0.121. The van der Waals surface area contributed by atoms with E-state index in [2.05, 4.69) is 67.6 Å². The number of halogens is 2. The number of unbranched alkanes of at least 4 members (excludes halogenated alkanes) is 1. The molecule has 0 saturated carbocycles. The van der Waals surface area contributed by atoms with Crippen LogP contribution in [-0.4, -0.2) is 72.7 Å². The van der Waals surface area contributed by atoms with Gasteiger partial charge in [-0.25, -0.2) is 8.78 Å². The Morgan fingerprint density at radius 1 is 0.914 bits per heavy atom. The molecule has 2 aliphatic heterocycles. The molecule has 0 aromatic heterocycles. The van der Waals surface area contributed by atoms with Crippen molar-refractivity contribution in [2.75, 3.05) is 49.3 Å². The van der Waals surface area contributed by atoms with E-state index >= 15 is 0 Å². The first-order valence-electron chi connectivity index (χ1n) is 12.5. The van der Waals surface area contributed by atoms with Crippen molar-refractivity contribution < 1.29 is 8.78 Å². The Kier molecular flexibility index (Phi) is 9.68. The van der Waals surface area contributed by atoms with Crippen molar-refractivity contribution in [2.45, 2.75) is 39.2 Å². The molecule has 1 fully saturated rings. The summed E-state index contributed by atoms with van der Waals surface area (Å²) in [5, 5.41) is 7.58.